The van der Waals surface area contributed by atoms with Gasteiger partial charge in [0.15, 0.2) is 0 Å². The summed E-state index contributed by atoms with van der Waals surface area (Å²) in [5.74, 6) is -1.79. The van der Waals surface area contributed by atoms with E-state index in [1.807, 2.05) is 0 Å². The van der Waals surface area contributed by atoms with Crippen molar-refractivity contribution in [3.8, 4) is 0 Å². The van der Waals surface area contributed by atoms with Crippen LogP contribution in [-0.2, 0) is 9.59 Å². The summed E-state index contributed by atoms with van der Waals surface area (Å²) in [4.78, 5) is 22.5. The minimum Gasteiger partial charge on any atom is -0.481 e. The van der Waals surface area contributed by atoms with Crippen LogP contribution in [0.2, 0.25) is 0 Å². The van der Waals surface area contributed by atoms with Gasteiger partial charge in [0.1, 0.15) is 0 Å². The lowest BCUT2D eigenvalue weighted by Crippen LogP contribution is -2.32. The maximum Gasteiger partial charge on any atom is 0.303 e. The summed E-state index contributed by atoms with van der Waals surface area (Å²) in [5, 5.41) is 8.44. The highest BCUT2D eigenvalue weighted by atomic mass is 19.3. The molecule has 0 saturated heterocycles. The van der Waals surface area contributed by atoms with Crippen molar-refractivity contribution in [1.29, 1.82) is 0 Å². The molecule has 15 heavy (non-hydrogen) atoms. The normalized spacial score (nSPS) is 12.6. The lowest BCUT2D eigenvalue weighted by Gasteiger charge is -2.18. The molecule has 0 radical (unpaired) electrons. The Bertz CT molecular complexity index is 233. The summed E-state index contributed by atoms with van der Waals surface area (Å²) < 4.78 is 23.8. The zero-order valence-electron chi connectivity index (χ0n) is 8.74. The molecule has 88 valence electrons. The van der Waals surface area contributed by atoms with E-state index in [0.29, 0.717) is 0 Å². The van der Waals surface area contributed by atoms with E-state index in [1.54, 1.807) is 6.92 Å². The largest absolute Gasteiger partial charge is 0.481 e. The van der Waals surface area contributed by atoms with E-state index in [0.717, 1.165) is 4.90 Å². The number of amides is 1. The van der Waals surface area contributed by atoms with E-state index in [-0.39, 0.29) is 18.8 Å². The molecule has 1 atom stereocenters. The minimum atomic E-state index is -2.56. The van der Waals surface area contributed by atoms with Crippen LogP contribution in [0.4, 0.5) is 8.78 Å². The molecule has 1 unspecified atom stereocenters. The van der Waals surface area contributed by atoms with Gasteiger partial charge in [0.25, 0.3) is 6.43 Å². The van der Waals surface area contributed by atoms with Gasteiger partial charge in [-0.05, 0) is 5.92 Å². The van der Waals surface area contributed by atoms with Crippen LogP contribution >= 0.6 is 0 Å². The second kappa shape index (κ2) is 6.31. The average Bonchev–Trinajstić information content (AvgIpc) is 2.00. The fourth-order valence-electron chi connectivity index (χ4n) is 1.13. The molecule has 0 bridgehead atoms. The summed E-state index contributed by atoms with van der Waals surface area (Å²) >= 11 is 0. The van der Waals surface area contributed by atoms with Gasteiger partial charge in [-0.3, -0.25) is 9.59 Å². The number of carbonyl (C=O) groups is 2. The summed E-state index contributed by atoms with van der Waals surface area (Å²) in [6.07, 6.45) is -2.71. The molecule has 0 aliphatic carbocycles. The predicted molar refractivity (Wildman–Crippen MR) is 49.7 cm³/mol. The molecule has 0 aromatic carbocycles. The standard InChI is InChI=1S/C9H15F2NO3/c1-6(4-9(14)15)3-8(13)12(2)5-7(10)11/h6-7H,3-5H2,1-2H3,(H,14,15). The number of carbonyl (C=O) groups excluding carboxylic acids is 1. The topological polar surface area (TPSA) is 57.6 Å². The molecule has 0 aliphatic rings. The summed E-state index contributed by atoms with van der Waals surface area (Å²) in [5.41, 5.74) is 0. The number of carboxylic acid groups (broad SMARTS) is 1. The molecule has 0 heterocycles. The Morgan fingerprint density at radius 1 is 1.33 bits per heavy atom. The lowest BCUT2D eigenvalue weighted by atomic mass is 10.0. The molecule has 0 aliphatic heterocycles. The van der Waals surface area contributed by atoms with Gasteiger partial charge in [-0.15, -0.1) is 0 Å². The number of halogens is 2. The van der Waals surface area contributed by atoms with Crippen LogP contribution in [-0.4, -0.2) is 41.9 Å². The monoisotopic (exact) mass is 223 g/mol. The fraction of sp³-hybridized carbons (Fsp3) is 0.778. The molecular weight excluding hydrogens is 208 g/mol. The smallest absolute Gasteiger partial charge is 0.303 e. The van der Waals surface area contributed by atoms with Gasteiger partial charge in [0.2, 0.25) is 5.91 Å². The van der Waals surface area contributed by atoms with Gasteiger partial charge in [0.05, 0.1) is 6.54 Å². The number of aliphatic carboxylic acids is 1. The summed E-state index contributed by atoms with van der Waals surface area (Å²) in [6, 6.07) is 0. The van der Waals surface area contributed by atoms with Crippen molar-refractivity contribution in [2.75, 3.05) is 13.6 Å². The SMILES string of the molecule is CC(CC(=O)O)CC(=O)N(C)CC(F)F. The molecule has 0 rings (SSSR count). The van der Waals surface area contributed by atoms with Crippen molar-refractivity contribution in [1.82, 2.24) is 4.90 Å². The Labute approximate surface area is 86.9 Å². The Balaban J connectivity index is 3.95. The molecule has 0 spiro atoms. The van der Waals surface area contributed by atoms with E-state index in [2.05, 4.69) is 0 Å². The number of rotatable bonds is 6. The van der Waals surface area contributed by atoms with E-state index >= 15 is 0 Å². The maximum atomic E-state index is 11.9. The van der Waals surface area contributed by atoms with Crippen molar-refractivity contribution in [2.24, 2.45) is 5.92 Å². The van der Waals surface area contributed by atoms with Crippen LogP contribution in [0.15, 0.2) is 0 Å². The van der Waals surface area contributed by atoms with Crippen LogP contribution < -0.4 is 0 Å². The average molecular weight is 223 g/mol. The second-order valence-corrected chi connectivity index (χ2v) is 3.57. The van der Waals surface area contributed by atoms with Gasteiger partial charge >= 0.3 is 5.97 Å². The minimum absolute atomic E-state index is 0.0183. The lowest BCUT2D eigenvalue weighted by molar-refractivity contribution is -0.138. The first-order valence-electron chi connectivity index (χ1n) is 4.56. The third-order valence-corrected chi connectivity index (χ3v) is 1.88. The van der Waals surface area contributed by atoms with Gasteiger partial charge in [-0.2, -0.15) is 0 Å². The molecule has 0 saturated carbocycles. The Morgan fingerprint density at radius 3 is 2.27 bits per heavy atom. The summed E-state index contributed by atoms with van der Waals surface area (Å²) in [6.45, 7) is 0.987. The first-order valence-corrected chi connectivity index (χ1v) is 4.56. The zero-order chi connectivity index (χ0) is 12.0. The van der Waals surface area contributed by atoms with Crippen LogP contribution in [0.25, 0.3) is 0 Å². The van der Waals surface area contributed by atoms with Gasteiger partial charge in [0, 0.05) is 19.9 Å². The molecule has 0 fully saturated rings. The van der Waals surface area contributed by atoms with Crippen LogP contribution in [0, 0.1) is 5.92 Å². The molecule has 1 amide bonds. The van der Waals surface area contributed by atoms with Crippen LogP contribution in [0.1, 0.15) is 19.8 Å². The maximum absolute atomic E-state index is 11.9. The van der Waals surface area contributed by atoms with Gasteiger partial charge in [-0.25, -0.2) is 8.78 Å². The van der Waals surface area contributed by atoms with Crippen molar-refractivity contribution < 1.29 is 23.5 Å². The third-order valence-electron chi connectivity index (χ3n) is 1.88. The molecule has 6 heteroatoms. The van der Waals surface area contributed by atoms with Crippen molar-refractivity contribution in [2.45, 2.75) is 26.2 Å². The van der Waals surface area contributed by atoms with E-state index in [9.17, 15) is 18.4 Å². The third kappa shape index (κ3) is 6.82. The molecule has 4 nitrogen and oxygen atoms in total. The first kappa shape index (κ1) is 13.8. The zero-order valence-corrected chi connectivity index (χ0v) is 8.74. The molecular formula is C9H15F2NO3. The van der Waals surface area contributed by atoms with E-state index < -0.39 is 24.8 Å². The van der Waals surface area contributed by atoms with Crippen LogP contribution in [0.5, 0.6) is 0 Å². The molecule has 0 aromatic heterocycles. The summed E-state index contributed by atoms with van der Waals surface area (Å²) in [7, 11) is 1.28. The van der Waals surface area contributed by atoms with Gasteiger partial charge in [-0.1, -0.05) is 6.92 Å². The van der Waals surface area contributed by atoms with Crippen molar-refractivity contribution >= 4 is 11.9 Å². The highest BCUT2D eigenvalue weighted by Crippen LogP contribution is 2.09. The van der Waals surface area contributed by atoms with Crippen LogP contribution in [0.3, 0.4) is 0 Å². The number of alkyl halides is 2. The fourth-order valence-corrected chi connectivity index (χ4v) is 1.13. The Kier molecular flexibility index (Phi) is 5.81. The highest BCUT2D eigenvalue weighted by Gasteiger charge is 2.17. The number of nitrogens with zero attached hydrogens (tertiary/aromatic N) is 1. The Hall–Kier alpha value is -1.20. The quantitative estimate of drug-likeness (QED) is 0.736. The molecule has 0 aromatic rings. The number of hydrogen-bond donors (Lipinski definition) is 1. The van der Waals surface area contributed by atoms with Gasteiger partial charge < -0.3 is 10.0 Å². The highest BCUT2D eigenvalue weighted by molar-refractivity contribution is 5.77. The predicted octanol–water partition coefficient (Wildman–Crippen LogP) is 1.21. The van der Waals surface area contributed by atoms with Crippen molar-refractivity contribution in [3.05, 3.63) is 0 Å². The molecule has 1 N–H and O–H groups in total. The second-order valence-electron chi connectivity index (χ2n) is 3.57. The number of carboxylic acids is 1. The number of hydrogen-bond acceptors (Lipinski definition) is 2. The van der Waals surface area contributed by atoms with E-state index in [1.165, 1.54) is 7.05 Å². The van der Waals surface area contributed by atoms with E-state index in [4.69, 9.17) is 5.11 Å². The van der Waals surface area contributed by atoms with Crippen molar-refractivity contribution in [3.63, 3.8) is 0 Å². The first-order chi connectivity index (χ1) is 6.82. The Morgan fingerprint density at radius 2 is 1.87 bits per heavy atom.